The Labute approximate surface area is 121 Å². The van der Waals surface area contributed by atoms with E-state index in [1.165, 1.54) is 12.0 Å². The summed E-state index contributed by atoms with van der Waals surface area (Å²) in [6, 6.07) is 5.39. The van der Waals surface area contributed by atoms with Gasteiger partial charge in [0.05, 0.1) is 5.60 Å². The van der Waals surface area contributed by atoms with Crippen molar-refractivity contribution in [3.8, 4) is 0 Å². The number of ether oxygens (including phenoxy) is 1. The van der Waals surface area contributed by atoms with Gasteiger partial charge in [-0.05, 0) is 68.8 Å². The molecule has 1 atom stereocenters. The van der Waals surface area contributed by atoms with E-state index < -0.39 is 0 Å². The Kier molecular flexibility index (Phi) is 5.17. The third-order valence-corrected chi connectivity index (χ3v) is 4.61. The summed E-state index contributed by atoms with van der Waals surface area (Å²) in [5.74, 6) is -0.158. The van der Waals surface area contributed by atoms with Crippen LogP contribution >= 0.6 is 0 Å². The van der Waals surface area contributed by atoms with Crippen molar-refractivity contribution in [1.29, 1.82) is 0 Å². The molecule has 1 aliphatic rings. The van der Waals surface area contributed by atoms with Crippen molar-refractivity contribution in [3.63, 3.8) is 0 Å². The Morgan fingerprint density at radius 1 is 1.40 bits per heavy atom. The predicted octanol–water partition coefficient (Wildman–Crippen LogP) is 3.61. The Balaban J connectivity index is 2.14. The van der Waals surface area contributed by atoms with E-state index in [0.717, 1.165) is 37.8 Å². The first-order valence-corrected chi connectivity index (χ1v) is 7.65. The summed E-state index contributed by atoms with van der Waals surface area (Å²) < 4.78 is 19.1. The van der Waals surface area contributed by atoms with E-state index in [1.807, 2.05) is 20.1 Å². The number of nitrogens with one attached hydrogen (secondary N) is 1. The van der Waals surface area contributed by atoms with Crippen LogP contribution in [0.2, 0.25) is 0 Å². The Hall–Kier alpha value is -0.930. The van der Waals surface area contributed by atoms with Crippen molar-refractivity contribution in [2.45, 2.75) is 57.6 Å². The highest BCUT2D eigenvalue weighted by atomic mass is 19.1. The molecule has 1 aromatic rings. The maximum atomic E-state index is 13.2. The summed E-state index contributed by atoms with van der Waals surface area (Å²) in [5, 5.41) is 3.63. The van der Waals surface area contributed by atoms with Crippen LogP contribution in [-0.2, 0) is 11.2 Å². The SMILES string of the molecule is CCCNC(Cc1ccc(F)cc1C)C1(OC)CCC1. The highest BCUT2D eigenvalue weighted by molar-refractivity contribution is 5.28. The molecule has 1 unspecified atom stereocenters. The van der Waals surface area contributed by atoms with Crippen LogP contribution in [0.25, 0.3) is 0 Å². The maximum Gasteiger partial charge on any atom is 0.123 e. The molecule has 1 N–H and O–H groups in total. The molecular weight excluding hydrogens is 253 g/mol. The molecule has 1 fully saturated rings. The van der Waals surface area contributed by atoms with Gasteiger partial charge in [0, 0.05) is 13.2 Å². The fourth-order valence-electron chi connectivity index (χ4n) is 3.09. The van der Waals surface area contributed by atoms with Crippen LogP contribution in [0, 0.1) is 12.7 Å². The van der Waals surface area contributed by atoms with E-state index in [2.05, 4.69) is 12.2 Å². The minimum absolute atomic E-state index is 0.0317. The van der Waals surface area contributed by atoms with Gasteiger partial charge in [-0.25, -0.2) is 4.39 Å². The topological polar surface area (TPSA) is 21.3 Å². The van der Waals surface area contributed by atoms with Gasteiger partial charge in [0.1, 0.15) is 5.82 Å². The summed E-state index contributed by atoms with van der Waals surface area (Å²) in [6.07, 6.45) is 5.48. The molecule has 0 spiro atoms. The number of aryl methyl sites for hydroxylation is 1. The molecule has 0 heterocycles. The maximum absolute atomic E-state index is 13.2. The fourth-order valence-corrected chi connectivity index (χ4v) is 3.09. The lowest BCUT2D eigenvalue weighted by atomic mass is 9.72. The highest BCUT2D eigenvalue weighted by Crippen LogP contribution is 2.39. The second-order valence-electron chi connectivity index (χ2n) is 5.90. The predicted molar refractivity (Wildman–Crippen MR) is 80.5 cm³/mol. The average Bonchev–Trinajstić information content (AvgIpc) is 2.37. The first-order chi connectivity index (χ1) is 9.61. The Bertz CT molecular complexity index is 437. The zero-order chi connectivity index (χ0) is 14.6. The standard InChI is InChI=1S/C17H26FNO/c1-4-10-19-16(17(20-3)8-5-9-17)12-14-6-7-15(18)11-13(14)2/h6-7,11,16,19H,4-5,8-10,12H2,1-3H3. The Morgan fingerprint density at radius 3 is 2.65 bits per heavy atom. The lowest BCUT2D eigenvalue weighted by Gasteiger charge is -2.47. The van der Waals surface area contributed by atoms with Gasteiger partial charge in [0.2, 0.25) is 0 Å². The lowest BCUT2D eigenvalue weighted by Crippen LogP contribution is -2.57. The first kappa shape index (κ1) is 15.5. The van der Waals surface area contributed by atoms with Crippen molar-refractivity contribution in [1.82, 2.24) is 5.32 Å². The van der Waals surface area contributed by atoms with Crippen molar-refractivity contribution >= 4 is 0 Å². The number of benzene rings is 1. The van der Waals surface area contributed by atoms with Gasteiger partial charge in [-0.2, -0.15) is 0 Å². The molecule has 112 valence electrons. The van der Waals surface area contributed by atoms with Gasteiger partial charge >= 0.3 is 0 Å². The van der Waals surface area contributed by atoms with E-state index in [4.69, 9.17) is 4.74 Å². The average molecular weight is 279 g/mol. The summed E-state index contributed by atoms with van der Waals surface area (Å²) >= 11 is 0. The van der Waals surface area contributed by atoms with Crippen LogP contribution in [-0.4, -0.2) is 25.3 Å². The summed E-state index contributed by atoms with van der Waals surface area (Å²) in [7, 11) is 1.82. The van der Waals surface area contributed by atoms with Crippen LogP contribution in [0.5, 0.6) is 0 Å². The molecule has 0 saturated heterocycles. The van der Waals surface area contributed by atoms with E-state index in [1.54, 1.807) is 12.1 Å². The van der Waals surface area contributed by atoms with E-state index >= 15 is 0 Å². The molecule has 0 radical (unpaired) electrons. The number of methoxy groups -OCH3 is 1. The highest BCUT2D eigenvalue weighted by Gasteiger charge is 2.44. The molecule has 2 nitrogen and oxygen atoms in total. The van der Waals surface area contributed by atoms with Gasteiger partial charge < -0.3 is 10.1 Å². The number of halogens is 1. The minimum Gasteiger partial charge on any atom is -0.377 e. The van der Waals surface area contributed by atoms with Crippen molar-refractivity contribution in [3.05, 3.63) is 35.1 Å². The summed E-state index contributed by atoms with van der Waals surface area (Å²) in [5.41, 5.74) is 2.21. The van der Waals surface area contributed by atoms with Crippen LogP contribution in [0.1, 0.15) is 43.7 Å². The second kappa shape index (κ2) is 6.68. The molecule has 3 heteroatoms. The molecule has 1 aliphatic carbocycles. The summed E-state index contributed by atoms with van der Waals surface area (Å²) in [4.78, 5) is 0. The minimum atomic E-state index is -0.158. The normalized spacial score (nSPS) is 18.6. The summed E-state index contributed by atoms with van der Waals surface area (Å²) in [6.45, 7) is 5.15. The van der Waals surface area contributed by atoms with Gasteiger partial charge in [-0.15, -0.1) is 0 Å². The molecule has 0 aromatic heterocycles. The molecule has 0 amide bonds. The lowest BCUT2D eigenvalue weighted by molar-refractivity contribution is -0.0980. The monoisotopic (exact) mass is 279 g/mol. The molecular formula is C17H26FNO. The Morgan fingerprint density at radius 2 is 2.15 bits per heavy atom. The third-order valence-electron chi connectivity index (χ3n) is 4.61. The van der Waals surface area contributed by atoms with Gasteiger partial charge in [0.25, 0.3) is 0 Å². The number of rotatable bonds is 7. The van der Waals surface area contributed by atoms with Gasteiger partial charge in [-0.3, -0.25) is 0 Å². The zero-order valence-electron chi connectivity index (χ0n) is 12.8. The molecule has 2 rings (SSSR count). The van der Waals surface area contributed by atoms with E-state index in [0.29, 0.717) is 6.04 Å². The zero-order valence-corrected chi connectivity index (χ0v) is 12.8. The van der Waals surface area contributed by atoms with Gasteiger partial charge in [0.15, 0.2) is 0 Å². The van der Waals surface area contributed by atoms with Crippen molar-refractivity contribution in [2.75, 3.05) is 13.7 Å². The molecule has 0 aliphatic heterocycles. The first-order valence-electron chi connectivity index (χ1n) is 7.65. The van der Waals surface area contributed by atoms with Gasteiger partial charge in [-0.1, -0.05) is 13.0 Å². The quantitative estimate of drug-likeness (QED) is 0.823. The molecule has 20 heavy (non-hydrogen) atoms. The molecule has 1 aromatic carbocycles. The van der Waals surface area contributed by atoms with Crippen molar-refractivity contribution < 1.29 is 9.13 Å². The fraction of sp³-hybridized carbons (Fsp3) is 0.647. The van der Waals surface area contributed by atoms with E-state index in [9.17, 15) is 4.39 Å². The molecule has 0 bridgehead atoms. The van der Waals surface area contributed by atoms with Crippen LogP contribution in [0.3, 0.4) is 0 Å². The van der Waals surface area contributed by atoms with Crippen molar-refractivity contribution in [2.24, 2.45) is 0 Å². The number of hydrogen-bond acceptors (Lipinski definition) is 2. The largest absolute Gasteiger partial charge is 0.377 e. The number of hydrogen-bond donors (Lipinski definition) is 1. The van der Waals surface area contributed by atoms with E-state index in [-0.39, 0.29) is 11.4 Å². The smallest absolute Gasteiger partial charge is 0.123 e. The van der Waals surface area contributed by atoms with Crippen LogP contribution in [0.15, 0.2) is 18.2 Å². The van der Waals surface area contributed by atoms with Crippen LogP contribution in [0.4, 0.5) is 4.39 Å². The third kappa shape index (κ3) is 3.21. The second-order valence-corrected chi connectivity index (χ2v) is 5.90. The van der Waals surface area contributed by atoms with Crippen LogP contribution < -0.4 is 5.32 Å². The molecule has 1 saturated carbocycles.